The van der Waals surface area contributed by atoms with Crippen LogP contribution in [0.2, 0.25) is 0 Å². The van der Waals surface area contributed by atoms with Crippen LogP contribution < -0.4 is 9.64 Å². The lowest BCUT2D eigenvalue weighted by Crippen LogP contribution is -2.66. The fourth-order valence-corrected chi connectivity index (χ4v) is 7.06. The molecule has 5 nitrogen and oxygen atoms in total. The van der Waals surface area contributed by atoms with Gasteiger partial charge in [-0.1, -0.05) is 11.6 Å². The summed E-state index contributed by atoms with van der Waals surface area (Å²) >= 11 is 0. The molecular weight excluding hydrogens is 340 g/mol. The molecule has 4 bridgehead atoms. The van der Waals surface area contributed by atoms with Gasteiger partial charge in [-0.2, -0.15) is 0 Å². The van der Waals surface area contributed by atoms with E-state index in [1.54, 1.807) is 7.11 Å². The number of hydrogen-bond donors (Lipinski definition) is 0. The molecule has 1 saturated carbocycles. The highest BCUT2D eigenvalue weighted by Gasteiger charge is 2.75. The summed E-state index contributed by atoms with van der Waals surface area (Å²) in [5.74, 6) is 0.912. The topological polar surface area (TPSA) is 42.0 Å². The molecule has 144 valence electrons. The number of rotatable bonds is 2. The van der Waals surface area contributed by atoms with Gasteiger partial charge in [-0.15, -0.1) is 0 Å². The Bertz CT molecular complexity index is 850. The molecule has 0 radical (unpaired) electrons. The first kappa shape index (κ1) is 17.1. The van der Waals surface area contributed by atoms with Crippen LogP contribution in [0.3, 0.4) is 0 Å². The number of anilines is 1. The molecule has 1 unspecified atom stereocenters. The largest absolute Gasteiger partial charge is 0.497 e. The number of methoxy groups -OCH3 is 2. The number of benzene rings is 1. The molecule has 0 aromatic heterocycles. The zero-order valence-electron chi connectivity index (χ0n) is 16.6. The summed E-state index contributed by atoms with van der Waals surface area (Å²) in [5.41, 5.74) is 3.51. The summed E-state index contributed by atoms with van der Waals surface area (Å²) in [6, 6.07) is 6.38. The molecule has 4 fully saturated rings. The minimum atomic E-state index is -0.244. The van der Waals surface area contributed by atoms with E-state index in [2.05, 4.69) is 42.0 Å². The SMILES string of the molecule is CC=C1CN2CC[C@@]34c5cc(OC)ccc5N(C)[C@@]23CC[C@@H]1[C@@H]4C(=O)OC. The number of likely N-dealkylation sites (N-methyl/N-ethyl adjacent to an activating group) is 1. The lowest BCUT2D eigenvalue weighted by atomic mass is 9.54. The van der Waals surface area contributed by atoms with Crippen LogP contribution in [0.15, 0.2) is 29.8 Å². The van der Waals surface area contributed by atoms with Crippen molar-refractivity contribution in [2.75, 3.05) is 39.3 Å². The third-order valence-corrected chi connectivity index (χ3v) is 8.03. The highest BCUT2D eigenvalue weighted by Crippen LogP contribution is 2.69. The third-order valence-electron chi connectivity index (χ3n) is 8.03. The minimum absolute atomic E-state index is 0.0590. The van der Waals surface area contributed by atoms with Gasteiger partial charge < -0.3 is 14.4 Å². The van der Waals surface area contributed by atoms with Crippen molar-refractivity contribution in [3.8, 4) is 5.75 Å². The van der Waals surface area contributed by atoms with Gasteiger partial charge in [-0.25, -0.2) is 0 Å². The molecule has 3 saturated heterocycles. The standard InChI is InChI=1S/C22H28N2O3/c1-5-14-13-24-11-10-21-17-12-15(26-3)6-7-18(17)23(2)22(21,24)9-8-16(14)19(21)20(25)27-4/h5-7,12,16,19H,8-11,13H2,1-4H3/t16-,19+,21-,22-/m0/s1. The second kappa shape index (κ2) is 5.51. The number of fused-ring (bicyclic) bond motifs is 3. The van der Waals surface area contributed by atoms with Gasteiger partial charge in [0.2, 0.25) is 0 Å². The van der Waals surface area contributed by atoms with Gasteiger partial charge in [0.15, 0.2) is 0 Å². The fourth-order valence-electron chi connectivity index (χ4n) is 7.06. The van der Waals surface area contributed by atoms with Crippen molar-refractivity contribution in [3.63, 3.8) is 0 Å². The fraction of sp³-hybridized carbons (Fsp3) is 0.591. The van der Waals surface area contributed by atoms with Crippen molar-refractivity contribution < 1.29 is 14.3 Å². The molecule has 6 rings (SSSR count). The first-order chi connectivity index (χ1) is 13.0. The van der Waals surface area contributed by atoms with Gasteiger partial charge in [0.1, 0.15) is 11.4 Å². The quantitative estimate of drug-likeness (QED) is 0.593. The van der Waals surface area contributed by atoms with Gasteiger partial charge in [-0.3, -0.25) is 9.69 Å². The monoisotopic (exact) mass is 368 g/mol. The highest BCUT2D eigenvalue weighted by molar-refractivity contribution is 5.82. The van der Waals surface area contributed by atoms with E-state index in [1.807, 2.05) is 6.07 Å². The van der Waals surface area contributed by atoms with Crippen LogP contribution in [0.4, 0.5) is 5.69 Å². The van der Waals surface area contributed by atoms with Gasteiger partial charge in [0.05, 0.1) is 20.1 Å². The average Bonchev–Trinajstić information content (AvgIpc) is 3.03. The van der Waals surface area contributed by atoms with Crippen molar-refractivity contribution in [1.29, 1.82) is 0 Å². The summed E-state index contributed by atoms with van der Waals surface area (Å²) in [6.07, 6.45) is 5.34. The van der Waals surface area contributed by atoms with E-state index in [9.17, 15) is 4.79 Å². The Hall–Kier alpha value is -2.01. The summed E-state index contributed by atoms with van der Waals surface area (Å²) < 4.78 is 11.0. The van der Waals surface area contributed by atoms with E-state index >= 15 is 0 Å². The Morgan fingerprint density at radius 1 is 1.30 bits per heavy atom. The number of carbonyl (C=O) groups is 1. The van der Waals surface area contributed by atoms with Crippen molar-refractivity contribution in [2.24, 2.45) is 11.8 Å². The van der Waals surface area contributed by atoms with E-state index < -0.39 is 0 Å². The number of carbonyl (C=O) groups excluding carboxylic acids is 1. The van der Waals surface area contributed by atoms with E-state index in [-0.39, 0.29) is 28.9 Å². The molecule has 1 aliphatic carbocycles. The van der Waals surface area contributed by atoms with Gasteiger partial charge in [-0.05, 0) is 55.9 Å². The van der Waals surface area contributed by atoms with Crippen molar-refractivity contribution in [1.82, 2.24) is 4.90 Å². The number of allylic oxidation sites excluding steroid dienone is 1. The van der Waals surface area contributed by atoms with Crippen LogP contribution in [-0.2, 0) is 14.9 Å². The molecule has 5 aliphatic rings. The average molecular weight is 368 g/mol. The smallest absolute Gasteiger partial charge is 0.310 e. The summed E-state index contributed by atoms with van der Waals surface area (Å²) in [6.45, 7) is 4.08. The van der Waals surface area contributed by atoms with Gasteiger partial charge in [0.25, 0.3) is 0 Å². The van der Waals surface area contributed by atoms with Crippen molar-refractivity contribution >= 4 is 11.7 Å². The number of nitrogens with zero attached hydrogens (tertiary/aromatic N) is 2. The van der Waals surface area contributed by atoms with E-state index in [0.717, 1.165) is 38.1 Å². The third kappa shape index (κ3) is 1.73. The number of hydrogen-bond acceptors (Lipinski definition) is 5. The van der Waals surface area contributed by atoms with Crippen LogP contribution in [0.5, 0.6) is 5.75 Å². The lowest BCUT2D eigenvalue weighted by Gasteiger charge is -2.54. The van der Waals surface area contributed by atoms with Crippen LogP contribution in [-0.4, -0.2) is 50.9 Å². The molecule has 27 heavy (non-hydrogen) atoms. The van der Waals surface area contributed by atoms with Crippen molar-refractivity contribution in [3.05, 3.63) is 35.4 Å². The Labute approximate surface area is 160 Å². The first-order valence-corrected chi connectivity index (χ1v) is 9.95. The predicted molar refractivity (Wildman–Crippen MR) is 104 cm³/mol. The molecule has 0 amide bonds. The van der Waals surface area contributed by atoms with E-state index in [1.165, 1.54) is 23.9 Å². The first-order valence-electron chi connectivity index (χ1n) is 9.95. The summed E-state index contributed by atoms with van der Waals surface area (Å²) in [7, 11) is 5.46. The Kier molecular flexibility index (Phi) is 3.49. The zero-order valence-corrected chi connectivity index (χ0v) is 16.6. The summed E-state index contributed by atoms with van der Waals surface area (Å²) in [4.78, 5) is 18.3. The normalized spacial score (nSPS) is 39.9. The maximum atomic E-state index is 13.2. The maximum Gasteiger partial charge on any atom is 0.310 e. The van der Waals surface area contributed by atoms with Crippen LogP contribution in [0, 0.1) is 11.8 Å². The maximum absolute atomic E-state index is 13.2. The molecule has 5 heteroatoms. The van der Waals surface area contributed by atoms with Crippen molar-refractivity contribution in [2.45, 2.75) is 37.3 Å². The Morgan fingerprint density at radius 2 is 2.11 bits per heavy atom. The lowest BCUT2D eigenvalue weighted by molar-refractivity contribution is -0.154. The Balaban J connectivity index is 1.84. The predicted octanol–water partition coefficient (Wildman–Crippen LogP) is 2.94. The molecule has 4 aliphatic heterocycles. The van der Waals surface area contributed by atoms with Crippen LogP contribution in [0.1, 0.15) is 31.7 Å². The van der Waals surface area contributed by atoms with Gasteiger partial charge >= 0.3 is 5.97 Å². The molecular formula is C22H28N2O3. The number of ether oxygens (including phenoxy) is 2. The van der Waals surface area contributed by atoms with Gasteiger partial charge in [0, 0.05) is 31.2 Å². The molecule has 1 spiro atoms. The second-order valence-electron chi connectivity index (χ2n) is 8.41. The minimum Gasteiger partial charge on any atom is -0.497 e. The number of esters is 1. The molecule has 1 aromatic rings. The molecule has 0 N–H and O–H groups in total. The molecule has 5 atom stereocenters. The van der Waals surface area contributed by atoms with Crippen LogP contribution in [0.25, 0.3) is 0 Å². The van der Waals surface area contributed by atoms with E-state index in [4.69, 9.17) is 9.47 Å². The summed E-state index contributed by atoms with van der Waals surface area (Å²) in [5, 5.41) is 0. The molecule has 1 aromatic carbocycles. The second-order valence-corrected chi connectivity index (χ2v) is 8.41. The van der Waals surface area contributed by atoms with E-state index in [0.29, 0.717) is 0 Å². The zero-order chi connectivity index (χ0) is 19.0. The molecule has 4 heterocycles. The van der Waals surface area contributed by atoms with Crippen LogP contribution >= 0.6 is 0 Å². The highest BCUT2D eigenvalue weighted by atomic mass is 16.5. The Morgan fingerprint density at radius 3 is 2.81 bits per heavy atom.